The maximum absolute atomic E-state index is 5.43. The quantitative estimate of drug-likeness (QED) is 0.847. The highest BCUT2D eigenvalue weighted by Crippen LogP contribution is 2.21. The lowest BCUT2D eigenvalue weighted by Crippen LogP contribution is -2.35. The van der Waals surface area contributed by atoms with Crippen LogP contribution in [0.15, 0.2) is 34.9 Å². The van der Waals surface area contributed by atoms with Gasteiger partial charge in [0, 0.05) is 24.7 Å². The molecule has 0 saturated carbocycles. The number of hydrogen-bond donors (Lipinski definition) is 0. The van der Waals surface area contributed by atoms with Gasteiger partial charge in [-0.3, -0.25) is 4.90 Å². The van der Waals surface area contributed by atoms with Crippen LogP contribution in [0.4, 0.5) is 0 Å². The van der Waals surface area contributed by atoms with Crippen LogP contribution in [0.3, 0.4) is 0 Å². The molecule has 0 unspecified atom stereocenters. The summed E-state index contributed by atoms with van der Waals surface area (Å²) in [6.07, 6.45) is 0. The summed E-state index contributed by atoms with van der Waals surface area (Å²) in [4.78, 5) is 2.32. The molecule has 0 radical (unpaired) electrons. The molecule has 0 N–H and O–H groups in total. The second kappa shape index (κ2) is 5.55. The first kappa shape index (κ1) is 12.4. The monoisotopic (exact) mass is 258 g/mol. The topological polar surface area (TPSA) is 38.5 Å². The van der Waals surface area contributed by atoms with Gasteiger partial charge in [-0.2, -0.15) is 0 Å². The number of rotatable bonds is 3. The molecule has 1 aliphatic heterocycles. The minimum absolute atomic E-state index is 0.804. The predicted molar refractivity (Wildman–Crippen MR) is 72.8 cm³/mol. The third-order valence-electron chi connectivity index (χ3n) is 3.36. The zero-order chi connectivity index (χ0) is 13.1. The van der Waals surface area contributed by atoms with E-state index in [2.05, 4.69) is 35.2 Å². The standard InChI is InChI=1S/C15H18N2O2/c1-12-3-2-4-13(9-12)15-10-14(19-16-15)11-17-5-7-18-8-6-17/h2-4,9-10H,5-8,11H2,1H3. The van der Waals surface area contributed by atoms with E-state index in [0.29, 0.717) is 0 Å². The second-order valence-corrected chi connectivity index (χ2v) is 4.94. The van der Waals surface area contributed by atoms with E-state index in [1.165, 1.54) is 5.56 Å². The molecular weight excluding hydrogens is 240 g/mol. The first-order valence-corrected chi connectivity index (χ1v) is 6.64. The van der Waals surface area contributed by atoms with Crippen molar-refractivity contribution in [1.29, 1.82) is 0 Å². The van der Waals surface area contributed by atoms with E-state index in [1.54, 1.807) is 0 Å². The SMILES string of the molecule is Cc1cccc(-c2cc(CN3CCOCC3)on2)c1. The van der Waals surface area contributed by atoms with Gasteiger partial charge >= 0.3 is 0 Å². The molecule has 0 amide bonds. The van der Waals surface area contributed by atoms with Crippen LogP contribution in [0.5, 0.6) is 0 Å². The lowest BCUT2D eigenvalue weighted by Gasteiger charge is -2.25. The molecule has 1 aromatic heterocycles. The lowest BCUT2D eigenvalue weighted by molar-refractivity contribution is 0.0305. The summed E-state index contributed by atoms with van der Waals surface area (Å²) in [6.45, 7) is 6.42. The lowest BCUT2D eigenvalue weighted by atomic mass is 10.1. The summed E-state index contributed by atoms with van der Waals surface area (Å²) < 4.78 is 10.8. The van der Waals surface area contributed by atoms with E-state index in [4.69, 9.17) is 9.26 Å². The van der Waals surface area contributed by atoms with Crippen LogP contribution in [-0.4, -0.2) is 36.4 Å². The Labute approximate surface area is 113 Å². The van der Waals surface area contributed by atoms with Crippen molar-refractivity contribution in [2.45, 2.75) is 13.5 Å². The van der Waals surface area contributed by atoms with E-state index < -0.39 is 0 Å². The minimum Gasteiger partial charge on any atom is -0.379 e. The molecule has 2 aromatic rings. The van der Waals surface area contributed by atoms with E-state index in [0.717, 1.165) is 49.9 Å². The molecule has 2 heterocycles. The smallest absolute Gasteiger partial charge is 0.151 e. The van der Waals surface area contributed by atoms with Gasteiger partial charge in [-0.25, -0.2) is 0 Å². The van der Waals surface area contributed by atoms with Crippen molar-refractivity contribution in [2.24, 2.45) is 0 Å². The maximum Gasteiger partial charge on any atom is 0.151 e. The van der Waals surface area contributed by atoms with Crippen molar-refractivity contribution in [3.63, 3.8) is 0 Å². The Morgan fingerprint density at radius 2 is 2.05 bits per heavy atom. The molecule has 1 aromatic carbocycles. The Morgan fingerprint density at radius 1 is 1.21 bits per heavy atom. The summed E-state index contributed by atoms with van der Waals surface area (Å²) in [5, 5.41) is 4.16. The molecule has 0 atom stereocenters. The Kier molecular flexibility index (Phi) is 3.62. The molecule has 3 rings (SSSR count). The van der Waals surface area contributed by atoms with Crippen LogP contribution in [0.2, 0.25) is 0 Å². The van der Waals surface area contributed by atoms with Crippen molar-refractivity contribution in [2.75, 3.05) is 26.3 Å². The number of nitrogens with zero attached hydrogens (tertiary/aromatic N) is 2. The van der Waals surface area contributed by atoms with E-state index in [1.807, 2.05) is 12.1 Å². The van der Waals surface area contributed by atoms with Crippen molar-refractivity contribution < 1.29 is 9.26 Å². The fourth-order valence-corrected chi connectivity index (χ4v) is 2.31. The fraction of sp³-hybridized carbons (Fsp3) is 0.400. The molecule has 19 heavy (non-hydrogen) atoms. The number of hydrogen-bond acceptors (Lipinski definition) is 4. The zero-order valence-electron chi connectivity index (χ0n) is 11.1. The van der Waals surface area contributed by atoms with Gasteiger partial charge in [-0.15, -0.1) is 0 Å². The maximum atomic E-state index is 5.43. The zero-order valence-corrected chi connectivity index (χ0v) is 11.1. The third kappa shape index (κ3) is 3.03. The van der Waals surface area contributed by atoms with Crippen molar-refractivity contribution >= 4 is 0 Å². The second-order valence-electron chi connectivity index (χ2n) is 4.94. The van der Waals surface area contributed by atoms with Crippen LogP contribution in [0, 0.1) is 6.92 Å². The molecule has 0 aliphatic carbocycles. The normalized spacial score (nSPS) is 16.7. The number of aromatic nitrogens is 1. The molecule has 4 nitrogen and oxygen atoms in total. The van der Waals surface area contributed by atoms with E-state index in [-0.39, 0.29) is 0 Å². The Balaban J connectivity index is 1.72. The van der Waals surface area contributed by atoms with Crippen LogP contribution in [-0.2, 0) is 11.3 Å². The van der Waals surface area contributed by atoms with Gasteiger partial charge in [-0.1, -0.05) is 28.9 Å². The fourth-order valence-electron chi connectivity index (χ4n) is 2.31. The van der Waals surface area contributed by atoms with Gasteiger partial charge in [0.1, 0.15) is 5.69 Å². The van der Waals surface area contributed by atoms with Crippen LogP contribution in [0.25, 0.3) is 11.3 Å². The first-order valence-electron chi connectivity index (χ1n) is 6.64. The number of aryl methyl sites for hydroxylation is 1. The van der Waals surface area contributed by atoms with Crippen LogP contribution < -0.4 is 0 Å². The highest BCUT2D eigenvalue weighted by atomic mass is 16.5. The van der Waals surface area contributed by atoms with Crippen molar-refractivity contribution in [3.8, 4) is 11.3 Å². The van der Waals surface area contributed by atoms with Gasteiger partial charge in [0.25, 0.3) is 0 Å². The number of ether oxygens (including phenoxy) is 1. The summed E-state index contributed by atoms with van der Waals surface area (Å²) in [6, 6.07) is 10.3. The van der Waals surface area contributed by atoms with Gasteiger partial charge in [0.05, 0.1) is 19.8 Å². The minimum atomic E-state index is 0.804. The van der Waals surface area contributed by atoms with Gasteiger partial charge in [-0.05, 0) is 13.0 Å². The highest BCUT2D eigenvalue weighted by Gasteiger charge is 2.14. The molecule has 0 bridgehead atoms. The van der Waals surface area contributed by atoms with E-state index >= 15 is 0 Å². The molecule has 4 heteroatoms. The average Bonchev–Trinajstić information content (AvgIpc) is 2.88. The largest absolute Gasteiger partial charge is 0.379 e. The third-order valence-corrected chi connectivity index (χ3v) is 3.36. The van der Waals surface area contributed by atoms with Crippen LogP contribution in [0.1, 0.15) is 11.3 Å². The summed E-state index contributed by atoms with van der Waals surface area (Å²) in [5.41, 5.74) is 3.25. The summed E-state index contributed by atoms with van der Waals surface area (Å²) in [7, 11) is 0. The summed E-state index contributed by atoms with van der Waals surface area (Å²) >= 11 is 0. The van der Waals surface area contributed by atoms with Crippen molar-refractivity contribution in [1.82, 2.24) is 10.1 Å². The van der Waals surface area contributed by atoms with Crippen LogP contribution >= 0.6 is 0 Å². The molecule has 1 aliphatic rings. The number of morpholine rings is 1. The van der Waals surface area contributed by atoms with Gasteiger partial charge < -0.3 is 9.26 Å². The number of benzene rings is 1. The first-order chi connectivity index (χ1) is 9.31. The van der Waals surface area contributed by atoms with Crippen molar-refractivity contribution in [3.05, 3.63) is 41.7 Å². The predicted octanol–water partition coefficient (Wildman–Crippen LogP) is 2.48. The van der Waals surface area contributed by atoms with E-state index in [9.17, 15) is 0 Å². The molecule has 1 saturated heterocycles. The van der Waals surface area contributed by atoms with Gasteiger partial charge in [0.15, 0.2) is 5.76 Å². The molecule has 0 spiro atoms. The Hall–Kier alpha value is -1.65. The summed E-state index contributed by atoms with van der Waals surface area (Å²) in [5.74, 6) is 0.915. The molecular formula is C15H18N2O2. The highest BCUT2D eigenvalue weighted by molar-refractivity contribution is 5.59. The molecule has 1 fully saturated rings. The average molecular weight is 258 g/mol. The van der Waals surface area contributed by atoms with Gasteiger partial charge in [0.2, 0.25) is 0 Å². The Morgan fingerprint density at radius 3 is 2.84 bits per heavy atom. The molecule has 100 valence electrons. The Bertz CT molecular complexity index is 545.